The van der Waals surface area contributed by atoms with Crippen LogP contribution in [0.4, 0.5) is 5.69 Å². The third-order valence-electron chi connectivity index (χ3n) is 5.52. The van der Waals surface area contributed by atoms with Crippen molar-refractivity contribution in [3.63, 3.8) is 0 Å². The maximum absolute atomic E-state index is 12.9. The molecule has 34 heavy (non-hydrogen) atoms. The number of benzene rings is 2. The second-order valence-corrected chi connectivity index (χ2v) is 8.09. The number of pyridine rings is 1. The summed E-state index contributed by atoms with van der Waals surface area (Å²) in [6, 6.07) is 16.4. The van der Waals surface area contributed by atoms with E-state index in [1.165, 1.54) is 12.8 Å². The van der Waals surface area contributed by atoms with Gasteiger partial charge in [0.15, 0.2) is 17.3 Å². The van der Waals surface area contributed by atoms with Crippen molar-refractivity contribution in [2.45, 2.75) is 32.3 Å². The molecule has 0 radical (unpaired) electrons. The summed E-state index contributed by atoms with van der Waals surface area (Å²) in [7, 11) is 0. The van der Waals surface area contributed by atoms with Crippen molar-refractivity contribution in [1.82, 2.24) is 20.2 Å². The van der Waals surface area contributed by atoms with Crippen molar-refractivity contribution in [1.29, 1.82) is 0 Å². The lowest BCUT2D eigenvalue weighted by atomic mass is 10.1. The van der Waals surface area contributed by atoms with Gasteiger partial charge in [-0.3, -0.25) is 14.9 Å². The van der Waals surface area contributed by atoms with E-state index >= 15 is 0 Å². The molecule has 172 valence electrons. The Bertz CT molecular complexity index is 1270. The van der Waals surface area contributed by atoms with Crippen LogP contribution < -0.4 is 14.8 Å². The van der Waals surface area contributed by atoms with E-state index in [2.05, 4.69) is 25.5 Å². The molecule has 8 heteroatoms. The summed E-state index contributed by atoms with van der Waals surface area (Å²) in [6.45, 7) is 2.73. The number of rotatable bonds is 9. The van der Waals surface area contributed by atoms with Crippen LogP contribution in [0.5, 0.6) is 11.5 Å². The van der Waals surface area contributed by atoms with Gasteiger partial charge in [-0.2, -0.15) is 5.10 Å². The molecule has 0 unspecified atom stereocenters. The van der Waals surface area contributed by atoms with Gasteiger partial charge < -0.3 is 14.8 Å². The molecule has 1 aliphatic rings. The molecule has 8 nitrogen and oxygen atoms in total. The van der Waals surface area contributed by atoms with Gasteiger partial charge in [0.05, 0.1) is 6.61 Å². The van der Waals surface area contributed by atoms with E-state index in [0.717, 1.165) is 17.0 Å². The molecule has 1 fully saturated rings. The number of carbonyl (C=O) groups is 1. The van der Waals surface area contributed by atoms with Gasteiger partial charge in [0, 0.05) is 35.1 Å². The Kier molecular flexibility index (Phi) is 6.20. The van der Waals surface area contributed by atoms with Gasteiger partial charge in [-0.25, -0.2) is 4.98 Å². The molecule has 5 rings (SSSR count). The number of nitrogens with zero attached hydrogens (tertiary/aromatic N) is 3. The first kappa shape index (κ1) is 21.6. The van der Waals surface area contributed by atoms with Gasteiger partial charge in [0.25, 0.3) is 5.91 Å². The Balaban J connectivity index is 1.25. The molecule has 0 bridgehead atoms. The van der Waals surface area contributed by atoms with Crippen LogP contribution in [0.2, 0.25) is 0 Å². The van der Waals surface area contributed by atoms with E-state index in [9.17, 15) is 4.79 Å². The van der Waals surface area contributed by atoms with Crippen molar-refractivity contribution in [3.8, 4) is 22.9 Å². The molecule has 1 amide bonds. The lowest BCUT2D eigenvalue weighted by Crippen LogP contribution is -2.12. The summed E-state index contributed by atoms with van der Waals surface area (Å²) in [5.41, 5.74) is 3.06. The highest BCUT2D eigenvalue weighted by atomic mass is 16.5. The van der Waals surface area contributed by atoms with Gasteiger partial charge in [0.2, 0.25) is 0 Å². The predicted molar refractivity (Wildman–Crippen MR) is 128 cm³/mol. The molecule has 0 aliphatic heterocycles. The minimum absolute atomic E-state index is 0.233. The van der Waals surface area contributed by atoms with E-state index in [-0.39, 0.29) is 5.91 Å². The molecule has 1 aliphatic carbocycles. The number of hydrogen-bond acceptors (Lipinski definition) is 6. The topological polar surface area (TPSA) is 102 Å². The van der Waals surface area contributed by atoms with Crippen molar-refractivity contribution in [3.05, 3.63) is 83.9 Å². The molecule has 2 aromatic heterocycles. The fourth-order valence-electron chi connectivity index (χ4n) is 3.53. The number of hydrogen-bond donors (Lipinski definition) is 2. The number of nitrogens with one attached hydrogen (secondary N) is 2. The van der Waals surface area contributed by atoms with Crippen LogP contribution in [0.3, 0.4) is 0 Å². The smallest absolute Gasteiger partial charge is 0.255 e. The second-order valence-electron chi connectivity index (χ2n) is 8.09. The van der Waals surface area contributed by atoms with Crippen molar-refractivity contribution < 1.29 is 14.3 Å². The Morgan fingerprint density at radius 1 is 1.03 bits per heavy atom. The summed E-state index contributed by atoms with van der Waals surface area (Å²) in [4.78, 5) is 21.4. The predicted octanol–water partition coefficient (Wildman–Crippen LogP) is 4.97. The molecule has 2 aromatic carbocycles. The number of carbonyl (C=O) groups excluding carboxylic acids is 1. The third-order valence-corrected chi connectivity index (χ3v) is 5.52. The second kappa shape index (κ2) is 9.74. The zero-order valence-corrected chi connectivity index (χ0v) is 18.8. The van der Waals surface area contributed by atoms with Crippen LogP contribution in [-0.4, -0.2) is 32.7 Å². The van der Waals surface area contributed by atoms with Gasteiger partial charge in [-0.15, -0.1) is 0 Å². The van der Waals surface area contributed by atoms with Gasteiger partial charge >= 0.3 is 0 Å². The summed E-state index contributed by atoms with van der Waals surface area (Å²) in [5.74, 6) is 3.01. The zero-order chi connectivity index (χ0) is 23.3. The molecular formula is C26H25N5O3. The van der Waals surface area contributed by atoms with Gasteiger partial charge in [0.1, 0.15) is 12.4 Å². The first-order valence-corrected chi connectivity index (χ1v) is 11.3. The monoisotopic (exact) mass is 455 g/mol. The molecule has 0 saturated heterocycles. The molecule has 2 N–H and O–H groups in total. The SMILES string of the molecule is CCOc1cc(C(=O)Nc2ccc(-c3n[nH]c(C4CC4)n3)cc2)ccc1OCc1ccncc1. The van der Waals surface area contributed by atoms with E-state index in [4.69, 9.17) is 9.47 Å². The standard InChI is InChI=1S/C26H25N5O3/c1-2-33-23-15-20(7-10-22(23)34-16-17-11-13-27-14-12-17)26(32)28-21-8-5-19(6-9-21)25-29-24(30-31-25)18-3-4-18/h5-15,18H,2-4,16H2,1H3,(H,28,32)(H,29,30,31). The minimum Gasteiger partial charge on any atom is -0.490 e. The number of ether oxygens (including phenoxy) is 2. The largest absolute Gasteiger partial charge is 0.490 e. The van der Waals surface area contributed by atoms with Crippen molar-refractivity contribution in [2.24, 2.45) is 0 Å². The highest BCUT2D eigenvalue weighted by Crippen LogP contribution is 2.38. The highest BCUT2D eigenvalue weighted by Gasteiger charge is 2.27. The molecular weight excluding hydrogens is 430 g/mol. The molecule has 2 heterocycles. The Morgan fingerprint density at radius 3 is 2.56 bits per heavy atom. The highest BCUT2D eigenvalue weighted by molar-refractivity contribution is 6.04. The number of aromatic amines is 1. The summed E-state index contributed by atoms with van der Waals surface area (Å²) in [6.07, 6.45) is 5.78. The van der Waals surface area contributed by atoms with E-state index in [1.807, 2.05) is 43.3 Å². The average Bonchev–Trinajstić information content (AvgIpc) is 3.61. The van der Waals surface area contributed by atoms with Crippen LogP contribution >= 0.6 is 0 Å². The van der Waals surface area contributed by atoms with Crippen LogP contribution in [-0.2, 0) is 6.61 Å². The van der Waals surface area contributed by atoms with Crippen LogP contribution in [0.1, 0.15) is 47.4 Å². The molecule has 1 saturated carbocycles. The maximum Gasteiger partial charge on any atom is 0.255 e. The fraction of sp³-hybridized carbons (Fsp3) is 0.231. The van der Waals surface area contributed by atoms with Gasteiger partial charge in [-0.1, -0.05) is 0 Å². The molecule has 4 aromatic rings. The fourth-order valence-corrected chi connectivity index (χ4v) is 3.53. The molecule has 0 atom stereocenters. The Morgan fingerprint density at radius 2 is 1.82 bits per heavy atom. The third kappa shape index (κ3) is 5.06. The zero-order valence-electron chi connectivity index (χ0n) is 18.8. The maximum atomic E-state index is 12.9. The summed E-state index contributed by atoms with van der Waals surface area (Å²) in [5, 5.41) is 10.2. The number of aromatic nitrogens is 4. The summed E-state index contributed by atoms with van der Waals surface area (Å²) >= 11 is 0. The average molecular weight is 456 g/mol. The molecule has 0 spiro atoms. The Labute approximate surface area is 197 Å². The van der Waals surface area contributed by atoms with E-state index in [1.54, 1.807) is 30.6 Å². The normalized spacial score (nSPS) is 12.9. The van der Waals surface area contributed by atoms with Gasteiger partial charge in [-0.05, 0) is 79.9 Å². The lowest BCUT2D eigenvalue weighted by Gasteiger charge is -2.13. The Hall–Kier alpha value is -4.20. The van der Waals surface area contributed by atoms with Crippen LogP contribution in [0, 0.1) is 0 Å². The van der Waals surface area contributed by atoms with E-state index < -0.39 is 0 Å². The quantitative estimate of drug-likeness (QED) is 0.369. The first-order valence-electron chi connectivity index (χ1n) is 11.3. The van der Waals surface area contributed by atoms with Crippen molar-refractivity contribution in [2.75, 3.05) is 11.9 Å². The number of H-pyrrole nitrogens is 1. The van der Waals surface area contributed by atoms with Crippen molar-refractivity contribution >= 4 is 11.6 Å². The van der Waals surface area contributed by atoms with E-state index in [0.29, 0.717) is 47.7 Å². The van der Waals surface area contributed by atoms with Crippen LogP contribution in [0.25, 0.3) is 11.4 Å². The first-order chi connectivity index (χ1) is 16.7. The van der Waals surface area contributed by atoms with Crippen LogP contribution in [0.15, 0.2) is 67.0 Å². The summed E-state index contributed by atoms with van der Waals surface area (Å²) < 4.78 is 11.6. The number of amides is 1. The minimum atomic E-state index is -0.233. The number of anilines is 1. The lowest BCUT2D eigenvalue weighted by molar-refractivity contribution is 0.102.